The molecular weight excluding hydrogens is 691 g/mol. The molecule has 5 aromatic rings. The van der Waals surface area contributed by atoms with Gasteiger partial charge in [-0.05, 0) is 92.0 Å². The van der Waals surface area contributed by atoms with Crippen LogP contribution in [0.25, 0.3) is 10.9 Å². The second kappa shape index (κ2) is 18.6. The number of aliphatic hydroxyl groups is 2. The van der Waals surface area contributed by atoms with Gasteiger partial charge in [0.15, 0.2) is 0 Å². The number of hydrogen-bond acceptors (Lipinski definition) is 10. The van der Waals surface area contributed by atoms with E-state index in [9.17, 15) is 24.9 Å². The molecule has 0 aliphatic heterocycles. The molecule has 7 N–H and O–H groups in total. The number of unbranched alkanes of at least 4 members (excludes halogenated alkanes) is 3. The number of primary amides is 1. The maximum Gasteiger partial charge on any atom is 0.253 e. The number of fused-ring (bicyclic) bond motifs is 1. The van der Waals surface area contributed by atoms with E-state index >= 15 is 0 Å². The average Bonchev–Trinajstić information content (AvgIpc) is 3.15. The topological polar surface area (TPSA) is 170 Å². The van der Waals surface area contributed by atoms with Crippen molar-refractivity contribution in [1.29, 1.82) is 0 Å². The van der Waals surface area contributed by atoms with Crippen molar-refractivity contribution < 1.29 is 29.6 Å². The lowest BCUT2D eigenvalue weighted by atomic mass is 10.1. The van der Waals surface area contributed by atoms with Crippen molar-refractivity contribution in [3.8, 4) is 11.5 Å². The van der Waals surface area contributed by atoms with Gasteiger partial charge in [-0.2, -0.15) is 0 Å². The van der Waals surface area contributed by atoms with Crippen molar-refractivity contribution in [3.63, 3.8) is 0 Å². The molecular formula is C41H47N5O6S. The first-order valence-electron chi connectivity index (χ1n) is 17.6. The van der Waals surface area contributed by atoms with Crippen molar-refractivity contribution in [1.82, 2.24) is 15.2 Å². The molecule has 4 aromatic carbocycles. The quantitative estimate of drug-likeness (QED) is 0.0532. The summed E-state index contributed by atoms with van der Waals surface area (Å²) < 4.78 is 5.38. The van der Waals surface area contributed by atoms with Crippen molar-refractivity contribution >= 4 is 45.9 Å². The van der Waals surface area contributed by atoms with Crippen LogP contribution in [-0.4, -0.2) is 70.8 Å². The number of pyridine rings is 1. The van der Waals surface area contributed by atoms with Crippen LogP contribution in [0.1, 0.15) is 69.2 Å². The van der Waals surface area contributed by atoms with Crippen molar-refractivity contribution in [3.05, 3.63) is 113 Å². The first-order chi connectivity index (χ1) is 25.6. The zero-order chi connectivity index (χ0) is 37.9. The van der Waals surface area contributed by atoms with E-state index in [1.807, 2.05) is 74.6 Å². The number of anilines is 2. The summed E-state index contributed by atoms with van der Waals surface area (Å²) in [6, 6.07) is 23.8. The largest absolute Gasteiger partial charge is 0.508 e. The van der Waals surface area contributed by atoms with E-state index in [0.717, 1.165) is 64.2 Å². The fraction of sp³-hybridized carbons (Fsp3) is 0.293. The lowest BCUT2D eigenvalue weighted by Gasteiger charge is -2.18. The molecule has 0 aliphatic rings. The molecule has 0 spiro atoms. The Labute approximate surface area is 314 Å². The molecule has 53 heavy (non-hydrogen) atoms. The summed E-state index contributed by atoms with van der Waals surface area (Å²) in [5, 5.41) is 36.9. The van der Waals surface area contributed by atoms with Gasteiger partial charge in [-0.15, -0.1) is 0 Å². The predicted octanol–water partition coefficient (Wildman–Crippen LogP) is 6.70. The number of nitrogens with one attached hydrogen (secondary N) is 2. The number of amides is 2. The Morgan fingerprint density at radius 1 is 0.981 bits per heavy atom. The van der Waals surface area contributed by atoms with Gasteiger partial charge in [-0.3, -0.25) is 14.6 Å². The number of carbonyl (C=O) groups is 2. The number of methoxy groups -OCH3 is 1. The summed E-state index contributed by atoms with van der Waals surface area (Å²) in [5.74, 6) is 0.0486. The Morgan fingerprint density at radius 3 is 2.55 bits per heavy atom. The number of nitrogens with zero attached hydrogens (tertiary/aromatic N) is 2. The van der Waals surface area contributed by atoms with Crippen LogP contribution in [0.3, 0.4) is 0 Å². The highest BCUT2D eigenvalue weighted by molar-refractivity contribution is 7.99. The normalized spacial score (nSPS) is 11.7. The van der Waals surface area contributed by atoms with Crippen LogP contribution in [0.15, 0.2) is 94.9 Å². The van der Waals surface area contributed by atoms with Crippen LogP contribution in [-0.2, 0) is 6.61 Å². The van der Waals surface area contributed by atoms with E-state index in [2.05, 4.69) is 15.6 Å². The highest BCUT2D eigenvalue weighted by Gasteiger charge is 2.18. The minimum absolute atomic E-state index is 0.0129. The molecule has 5 rings (SSSR count). The number of hydrogen-bond donors (Lipinski definition) is 6. The van der Waals surface area contributed by atoms with Crippen LogP contribution >= 0.6 is 11.8 Å². The first-order valence-corrected chi connectivity index (χ1v) is 18.4. The molecule has 1 atom stereocenters. The third-order valence-corrected chi connectivity index (χ3v) is 9.96. The minimum atomic E-state index is -0.733. The first kappa shape index (κ1) is 39.1. The molecule has 0 saturated carbocycles. The number of aliphatic hydroxyl groups excluding tert-OH is 2. The molecule has 0 radical (unpaired) electrons. The summed E-state index contributed by atoms with van der Waals surface area (Å²) in [6.45, 7) is 3.45. The van der Waals surface area contributed by atoms with E-state index in [4.69, 9.17) is 10.5 Å². The van der Waals surface area contributed by atoms with Crippen LogP contribution in [0, 0.1) is 6.92 Å². The lowest BCUT2D eigenvalue weighted by molar-refractivity contribution is 0.0792. The minimum Gasteiger partial charge on any atom is -0.508 e. The van der Waals surface area contributed by atoms with E-state index in [1.54, 1.807) is 24.1 Å². The van der Waals surface area contributed by atoms with E-state index < -0.39 is 12.0 Å². The Kier molecular flexibility index (Phi) is 13.7. The number of aromatic nitrogens is 1. The monoisotopic (exact) mass is 737 g/mol. The maximum atomic E-state index is 13.4. The summed E-state index contributed by atoms with van der Waals surface area (Å²) in [4.78, 5) is 34.0. The molecule has 0 bridgehead atoms. The van der Waals surface area contributed by atoms with E-state index in [0.29, 0.717) is 41.2 Å². The molecule has 2 amide bonds. The number of rotatable bonds is 18. The molecule has 1 unspecified atom stereocenters. The standard InChI is InChI=1S/C41H47N5O6S/c1-26-18-33(22-34-38(26)44-23-35(40(42)50)39(34)45-30-11-9-12-31(21-30)52-3)53-32-13-8-10-28(20-32)41(51)46(2)17-7-5-4-6-16-43-24-37(49)27-14-15-36(48)29(19-27)25-47/h8-15,18-23,37,43,47-49H,4-7,16-17,24-25H2,1-3H3,(H2,42,50)(H,44,45). The Bertz CT molecular complexity index is 2060. The summed E-state index contributed by atoms with van der Waals surface area (Å²) in [7, 11) is 3.42. The summed E-state index contributed by atoms with van der Waals surface area (Å²) >= 11 is 1.52. The highest BCUT2D eigenvalue weighted by Crippen LogP contribution is 2.37. The van der Waals surface area contributed by atoms with Gasteiger partial charge in [0.2, 0.25) is 0 Å². The number of carbonyl (C=O) groups excluding carboxylic acids is 2. The van der Waals surface area contributed by atoms with Crippen LogP contribution < -0.4 is 21.1 Å². The Hall–Kier alpha value is -5.14. The number of aromatic hydroxyl groups is 1. The van der Waals surface area contributed by atoms with Crippen LogP contribution in [0.4, 0.5) is 11.4 Å². The van der Waals surface area contributed by atoms with Gasteiger partial charge in [0.05, 0.1) is 36.6 Å². The lowest BCUT2D eigenvalue weighted by Crippen LogP contribution is -2.27. The van der Waals surface area contributed by atoms with Crippen LogP contribution in [0.5, 0.6) is 11.5 Å². The zero-order valence-corrected chi connectivity index (χ0v) is 31.1. The molecule has 0 saturated heterocycles. The van der Waals surface area contributed by atoms with Gasteiger partial charge < -0.3 is 41.3 Å². The third-order valence-electron chi connectivity index (χ3n) is 9.00. The summed E-state index contributed by atoms with van der Waals surface area (Å²) in [5.41, 5.74) is 10.7. The fourth-order valence-electron chi connectivity index (χ4n) is 6.07. The smallest absolute Gasteiger partial charge is 0.253 e. The average molecular weight is 738 g/mol. The fourth-order valence-corrected chi connectivity index (χ4v) is 7.09. The SMILES string of the molecule is COc1cccc(Nc2c(C(N)=O)cnc3c(C)cc(Sc4cccc(C(=O)N(C)CCCCCCNCC(O)c5ccc(O)c(CO)c5)c4)cc23)c1. The number of nitrogens with two attached hydrogens (primary N) is 1. The van der Waals surface area contributed by atoms with Gasteiger partial charge in [-0.25, -0.2) is 0 Å². The molecule has 278 valence electrons. The van der Waals surface area contributed by atoms with Crippen LogP contribution in [0.2, 0.25) is 0 Å². The molecule has 0 fully saturated rings. The van der Waals surface area contributed by atoms with E-state index in [-0.39, 0.29) is 23.8 Å². The van der Waals surface area contributed by atoms with Crippen molar-refractivity contribution in [2.45, 2.75) is 55.1 Å². The highest BCUT2D eigenvalue weighted by atomic mass is 32.2. The zero-order valence-electron chi connectivity index (χ0n) is 30.3. The third kappa shape index (κ3) is 10.3. The second-order valence-electron chi connectivity index (χ2n) is 12.9. The van der Waals surface area contributed by atoms with Gasteiger partial charge >= 0.3 is 0 Å². The second-order valence-corrected chi connectivity index (χ2v) is 14.1. The molecule has 0 aliphatic carbocycles. The van der Waals surface area contributed by atoms with Crippen molar-refractivity contribution in [2.24, 2.45) is 5.73 Å². The van der Waals surface area contributed by atoms with Gasteiger partial charge in [0.1, 0.15) is 11.5 Å². The van der Waals surface area contributed by atoms with Crippen molar-refractivity contribution in [2.75, 3.05) is 39.1 Å². The molecule has 12 heteroatoms. The number of phenols is 1. The predicted molar refractivity (Wildman–Crippen MR) is 209 cm³/mol. The molecule has 1 heterocycles. The number of benzene rings is 4. The number of ether oxygens (including phenoxy) is 1. The molecule has 1 aromatic heterocycles. The Morgan fingerprint density at radius 2 is 1.77 bits per heavy atom. The molecule has 11 nitrogen and oxygen atoms in total. The van der Waals surface area contributed by atoms with Gasteiger partial charge in [0, 0.05) is 64.4 Å². The van der Waals surface area contributed by atoms with Gasteiger partial charge in [-0.1, -0.05) is 42.8 Å². The Balaban J connectivity index is 1.15. The number of aryl methyl sites for hydroxylation is 1. The maximum absolute atomic E-state index is 13.4. The van der Waals surface area contributed by atoms with E-state index in [1.165, 1.54) is 24.0 Å². The summed E-state index contributed by atoms with van der Waals surface area (Å²) in [6.07, 6.45) is 4.54. The van der Waals surface area contributed by atoms with Gasteiger partial charge in [0.25, 0.3) is 11.8 Å².